The molecular weight excluding hydrogens is 779 g/mol. The SMILES string of the molecule is c1ccc(-c2ccc(N(c3ccc(-c4cccc5c4oc4ccccc45)cc3)c3cc(N(c4ccccc4)c4ccccc4)cc(N(c4ccccc4)c4ccccc4)c3)cc2)cc1. The molecule has 0 amide bonds. The molecule has 0 radical (unpaired) electrons. The first-order valence-electron chi connectivity index (χ1n) is 21.7. The zero-order valence-electron chi connectivity index (χ0n) is 35.1. The summed E-state index contributed by atoms with van der Waals surface area (Å²) in [6.07, 6.45) is 0. The summed E-state index contributed by atoms with van der Waals surface area (Å²) in [5.74, 6) is 0. The van der Waals surface area contributed by atoms with Gasteiger partial charge in [0.1, 0.15) is 11.2 Å². The molecule has 10 aromatic carbocycles. The number of hydrogen-bond acceptors (Lipinski definition) is 4. The van der Waals surface area contributed by atoms with Crippen LogP contribution in [-0.4, -0.2) is 0 Å². The van der Waals surface area contributed by atoms with Crippen molar-refractivity contribution in [1.29, 1.82) is 0 Å². The van der Waals surface area contributed by atoms with Crippen molar-refractivity contribution in [2.75, 3.05) is 14.7 Å². The second-order valence-electron chi connectivity index (χ2n) is 15.8. The topological polar surface area (TPSA) is 22.9 Å². The fraction of sp³-hybridized carbons (Fsp3) is 0. The van der Waals surface area contributed by atoms with Gasteiger partial charge in [0, 0.05) is 50.5 Å². The number of para-hydroxylation sites is 6. The lowest BCUT2D eigenvalue weighted by atomic mass is 10.0. The molecule has 11 rings (SSSR count). The van der Waals surface area contributed by atoms with Gasteiger partial charge in [-0.3, -0.25) is 0 Å². The van der Waals surface area contributed by atoms with Gasteiger partial charge in [-0.1, -0.05) is 164 Å². The largest absolute Gasteiger partial charge is 0.455 e. The van der Waals surface area contributed by atoms with Crippen LogP contribution in [0.4, 0.5) is 51.2 Å². The molecule has 0 saturated heterocycles. The van der Waals surface area contributed by atoms with Gasteiger partial charge in [0.05, 0.1) is 17.1 Å². The molecule has 0 atom stereocenters. The van der Waals surface area contributed by atoms with Crippen molar-refractivity contribution < 1.29 is 4.42 Å². The highest BCUT2D eigenvalue weighted by molar-refractivity contribution is 6.09. The molecule has 0 spiro atoms. The maximum absolute atomic E-state index is 6.50. The third kappa shape index (κ3) is 7.44. The second kappa shape index (κ2) is 17.0. The lowest BCUT2D eigenvalue weighted by Crippen LogP contribution is -2.16. The minimum Gasteiger partial charge on any atom is -0.455 e. The zero-order chi connectivity index (χ0) is 42.7. The molecule has 0 N–H and O–H groups in total. The highest BCUT2D eigenvalue weighted by atomic mass is 16.3. The van der Waals surface area contributed by atoms with Crippen LogP contribution in [0.25, 0.3) is 44.2 Å². The van der Waals surface area contributed by atoms with Crippen molar-refractivity contribution in [2.45, 2.75) is 0 Å². The molecule has 0 aliphatic heterocycles. The summed E-state index contributed by atoms with van der Waals surface area (Å²) in [4.78, 5) is 7.06. The van der Waals surface area contributed by atoms with E-state index in [0.717, 1.165) is 89.8 Å². The van der Waals surface area contributed by atoms with Crippen molar-refractivity contribution in [3.05, 3.63) is 261 Å². The van der Waals surface area contributed by atoms with Crippen molar-refractivity contribution in [2.24, 2.45) is 0 Å². The molecule has 1 heterocycles. The Morgan fingerprint density at radius 1 is 0.234 bits per heavy atom. The van der Waals surface area contributed by atoms with E-state index in [9.17, 15) is 0 Å². The minimum absolute atomic E-state index is 0.891. The number of rotatable bonds is 11. The van der Waals surface area contributed by atoms with Gasteiger partial charge in [-0.25, -0.2) is 0 Å². The number of nitrogens with zero attached hydrogens (tertiary/aromatic N) is 3. The lowest BCUT2D eigenvalue weighted by Gasteiger charge is -2.33. The van der Waals surface area contributed by atoms with Gasteiger partial charge in [0.15, 0.2) is 0 Å². The Morgan fingerprint density at radius 2 is 0.578 bits per heavy atom. The van der Waals surface area contributed by atoms with E-state index in [2.05, 4.69) is 263 Å². The predicted octanol–water partition coefficient (Wildman–Crippen LogP) is 17.3. The van der Waals surface area contributed by atoms with E-state index in [-0.39, 0.29) is 0 Å². The van der Waals surface area contributed by atoms with Crippen LogP contribution in [0.3, 0.4) is 0 Å². The molecule has 304 valence electrons. The molecule has 0 bridgehead atoms. The summed E-state index contributed by atoms with van der Waals surface area (Å²) in [7, 11) is 0. The van der Waals surface area contributed by atoms with Gasteiger partial charge < -0.3 is 19.1 Å². The summed E-state index contributed by atoms with van der Waals surface area (Å²) < 4.78 is 6.50. The van der Waals surface area contributed by atoms with E-state index in [1.165, 1.54) is 5.56 Å². The Labute approximate surface area is 373 Å². The third-order valence-corrected chi connectivity index (χ3v) is 11.8. The van der Waals surface area contributed by atoms with Gasteiger partial charge in [-0.05, 0) is 114 Å². The van der Waals surface area contributed by atoms with E-state index < -0.39 is 0 Å². The number of benzene rings is 10. The van der Waals surface area contributed by atoms with Crippen LogP contribution in [0.1, 0.15) is 0 Å². The van der Waals surface area contributed by atoms with Crippen LogP contribution >= 0.6 is 0 Å². The van der Waals surface area contributed by atoms with Crippen LogP contribution in [0, 0.1) is 0 Å². The number of furan rings is 1. The monoisotopic (exact) mass is 821 g/mol. The number of anilines is 9. The Balaban J connectivity index is 1.13. The molecule has 0 saturated carbocycles. The van der Waals surface area contributed by atoms with Gasteiger partial charge in [0.2, 0.25) is 0 Å². The predicted molar refractivity (Wildman–Crippen MR) is 269 cm³/mol. The van der Waals surface area contributed by atoms with Crippen LogP contribution in [0.15, 0.2) is 265 Å². The number of hydrogen-bond donors (Lipinski definition) is 0. The molecule has 4 nitrogen and oxygen atoms in total. The average molecular weight is 822 g/mol. The standard InChI is InChI=1S/C60H43N3O/c1-6-19-44(20-7-1)45-33-37-51(38-34-45)63(52-39-35-46(36-40-52)56-30-18-31-58-57-29-16-17-32-59(57)64-60(56)58)55-42-53(61(47-21-8-2-9-22-47)48-23-10-3-11-24-48)41-54(43-55)62(49-25-12-4-13-26-49)50-27-14-5-15-28-50/h1-43H. The first kappa shape index (κ1) is 38.3. The Hall–Kier alpha value is -8.60. The fourth-order valence-electron chi connectivity index (χ4n) is 8.81. The molecule has 0 unspecified atom stereocenters. The normalized spacial score (nSPS) is 11.1. The van der Waals surface area contributed by atoms with Crippen molar-refractivity contribution in [3.8, 4) is 22.3 Å². The quantitative estimate of drug-likeness (QED) is 0.130. The van der Waals surface area contributed by atoms with Crippen LogP contribution in [-0.2, 0) is 0 Å². The molecule has 4 heteroatoms. The average Bonchev–Trinajstić information content (AvgIpc) is 3.76. The van der Waals surface area contributed by atoms with Crippen molar-refractivity contribution in [1.82, 2.24) is 0 Å². The summed E-state index contributed by atoms with van der Waals surface area (Å²) in [6, 6.07) is 92.4. The van der Waals surface area contributed by atoms with Gasteiger partial charge in [-0.15, -0.1) is 0 Å². The van der Waals surface area contributed by atoms with Gasteiger partial charge in [0.25, 0.3) is 0 Å². The van der Waals surface area contributed by atoms with Crippen LogP contribution in [0.2, 0.25) is 0 Å². The summed E-state index contributed by atoms with van der Waals surface area (Å²) >= 11 is 0. The first-order valence-corrected chi connectivity index (χ1v) is 21.7. The van der Waals surface area contributed by atoms with Gasteiger partial charge in [-0.2, -0.15) is 0 Å². The van der Waals surface area contributed by atoms with E-state index in [0.29, 0.717) is 0 Å². The lowest BCUT2D eigenvalue weighted by molar-refractivity contribution is 0.670. The maximum atomic E-state index is 6.50. The summed E-state index contributed by atoms with van der Waals surface area (Å²) in [5.41, 5.74) is 15.6. The van der Waals surface area contributed by atoms with E-state index in [1.54, 1.807) is 0 Å². The molecule has 0 fully saturated rings. The summed E-state index contributed by atoms with van der Waals surface area (Å²) in [6.45, 7) is 0. The molecule has 0 aliphatic rings. The smallest absolute Gasteiger partial charge is 0.143 e. The number of fused-ring (bicyclic) bond motifs is 3. The Bertz CT molecular complexity index is 3120. The second-order valence-corrected chi connectivity index (χ2v) is 15.8. The van der Waals surface area contributed by atoms with E-state index >= 15 is 0 Å². The molecular formula is C60H43N3O. The minimum atomic E-state index is 0.891. The fourth-order valence-corrected chi connectivity index (χ4v) is 8.81. The molecule has 1 aromatic heterocycles. The molecule has 64 heavy (non-hydrogen) atoms. The van der Waals surface area contributed by atoms with Gasteiger partial charge >= 0.3 is 0 Å². The van der Waals surface area contributed by atoms with E-state index in [4.69, 9.17) is 4.42 Å². The highest BCUT2D eigenvalue weighted by Crippen LogP contribution is 2.46. The first-order chi connectivity index (χ1) is 31.7. The maximum Gasteiger partial charge on any atom is 0.143 e. The van der Waals surface area contributed by atoms with Crippen LogP contribution in [0.5, 0.6) is 0 Å². The Kier molecular flexibility index (Phi) is 10.2. The van der Waals surface area contributed by atoms with Crippen molar-refractivity contribution in [3.63, 3.8) is 0 Å². The molecule has 11 aromatic rings. The van der Waals surface area contributed by atoms with Crippen molar-refractivity contribution >= 4 is 73.1 Å². The Morgan fingerprint density at radius 3 is 1.03 bits per heavy atom. The van der Waals surface area contributed by atoms with Crippen LogP contribution < -0.4 is 14.7 Å². The molecule has 0 aliphatic carbocycles. The van der Waals surface area contributed by atoms with E-state index in [1.807, 2.05) is 12.1 Å². The zero-order valence-corrected chi connectivity index (χ0v) is 35.1. The highest BCUT2D eigenvalue weighted by Gasteiger charge is 2.23. The third-order valence-electron chi connectivity index (χ3n) is 11.8. The summed E-state index contributed by atoms with van der Waals surface area (Å²) in [5, 5.41) is 2.24.